The van der Waals surface area contributed by atoms with Crippen LogP contribution in [0.4, 0.5) is 0 Å². The summed E-state index contributed by atoms with van der Waals surface area (Å²) in [6.45, 7) is 0.750. The van der Waals surface area contributed by atoms with Gasteiger partial charge in [0, 0.05) is 10.6 Å². The van der Waals surface area contributed by atoms with Gasteiger partial charge in [-0.15, -0.1) is 0 Å². The second-order valence-corrected chi connectivity index (χ2v) is 4.29. The third-order valence-electron chi connectivity index (χ3n) is 2.55. The number of hydrogen-bond donors (Lipinski definition) is 1. The Labute approximate surface area is 118 Å². The summed E-state index contributed by atoms with van der Waals surface area (Å²) >= 11 is 6.09. The Morgan fingerprint density at radius 2 is 1.79 bits per heavy atom. The Morgan fingerprint density at radius 1 is 1.05 bits per heavy atom. The SMILES string of the molecule is NCC#Cc1ccccc1OCc1ccccc1Cl. The van der Waals surface area contributed by atoms with Gasteiger partial charge in [-0.3, -0.25) is 0 Å². The number of para-hydroxylation sites is 1. The van der Waals surface area contributed by atoms with Crippen molar-refractivity contribution in [3.8, 4) is 17.6 Å². The smallest absolute Gasteiger partial charge is 0.135 e. The molecule has 3 heteroatoms. The van der Waals surface area contributed by atoms with E-state index < -0.39 is 0 Å². The highest BCUT2D eigenvalue weighted by molar-refractivity contribution is 6.31. The average Bonchev–Trinajstić information content (AvgIpc) is 2.45. The normalized spacial score (nSPS) is 9.58. The van der Waals surface area contributed by atoms with Gasteiger partial charge >= 0.3 is 0 Å². The van der Waals surface area contributed by atoms with E-state index in [0.717, 1.165) is 16.9 Å². The van der Waals surface area contributed by atoms with Crippen molar-refractivity contribution >= 4 is 11.6 Å². The molecule has 0 spiro atoms. The Kier molecular flexibility index (Phi) is 4.85. The van der Waals surface area contributed by atoms with Crippen molar-refractivity contribution in [2.75, 3.05) is 6.54 Å². The maximum atomic E-state index is 6.09. The number of halogens is 1. The minimum absolute atomic E-state index is 0.332. The highest BCUT2D eigenvalue weighted by Crippen LogP contribution is 2.21. The van der Waals surface area contributed by atoms with Gasteiger partial charge in [-0.25, -0.2) is 0 Å². The minimum Gasteiger partial charge on any atom is -0.488 e. The Morgan fingerprint density at radius 3 is 2.58 bits per heavy atom. The fourth-order valence-electron chi connectivity index (χ4n) is 1.61. The maximum absolute atomic E-state index is 6.09. The quantitative estimate of drug-likeness (QED) is 0.870. The van der Waals surface area contributed by atoms with Gasteiger partial charge in [-0.05, 0) is 18.2 Å². The zero-order valence-corrected chi connectivity index (χ0v) is 11.2. The second-order valence-electron chi connectivity index (χ2n) is 3.88. The number of rotatable bonds is 3. The van der Waals surface area contributed by atoms with E-state index in [-0.39, 0.29) is 0 Å². The highest BCUT2D eigenvalue weighted by atomic mass is 35.5. The van der Waals surface area contributed by atoms with E-state index in [2.05, 4.69) is 11.8 Å². The van der Waals surface area contributed by atoms with Crippen LogP contribution >= 0.6 is 11.6 Å². The largest absolute Gasteiger partial charge is 0.488 e. The standard InChI is InChI=1S/C16H14ClNO/c17-15-9-3-1-7-14(15)12-19-16-10-4-2-6-13(16)8-5-11-18/h1-4,6-7,9-10H,11-12,18H2. The molecule has 0 aliphatic rings. The van der Waals surface area contributed by atoms with E-state index in [1.807, 2.05) is 48.5 Å². The molecule has 0 bridgehead atoms. The molecule has 0 aromatic heterocycles. The molecular formula is C16H14ClNO. The minimum atomic E-state index is 0.332. The summed E-state index contributed by atoms with van der Waals surface area (Å²) in [7, 11) is 0. The first-order valence-corrected chi connectivity index (χ1v) is 6.33. The zero-order chi connectivity index (χ0) is 13.5. The molecule has 96 valence electrons. The van der Waals surface area contributed by atoms with E-state index in [1.165, 1.54) is 0 Å². The van der Waals surface area contributed by atoms with Crippen LogP contribution in [0.3, 0.4) is 0 Å². The number of hydrogen-bond acceptors (Lipinski definition) is 2. The van der Waals surface area contributed by atoms with Gasteiger partial charge in [0.05, 0.1) is 12.1 Å². The molecule has 2 N–H and O–H groups in total. The van der Waals surface area contributed by atoms with Gasteiger partial charge in [-0.1, -0.05) is 53.8 Å². The summed E-state index contributed by atoms with van der Waals surface area (Å²) in [4.78, 5) is 0. The van der Waals surface area contributed by atoms with E-state index in [1.54, 1.807) is 0 Å². The van der Waals surface area contributed by atoms with Crippen LogP contribution in [0, 0.1) is 11.8 Å². The van der Waals surface area contributed by atoms with Gasteiger partial charge in [0.1, 0.15) is 12.4 Å². The van der Waals surface area contributed by atoms with E-state index in [4.69, 9.17) is 22.1 Å². The molecule has 0 amide bonds. The molecule has 2 aromatic rings. The van der Waals surface area contributed by atoms with Crippen molar-refractivity contribution in [1.29, 1.82) is 0 Å². The van der Waals surface area contributed by atoms with Crippen LogP contribution in [0.2, 0.25) is 5.02 Å². The molecule has 2 rings (SSSR count). The van der Waals surface area contributed by atoms with Crippen LogP contribution in [0.25, 0.3) is 0 Å². The summed E-state index contributed by atoms with van der Waals surface area (Å²) in [5.41, 5.74) is 7.16. The summed E-state index contributed by atoms with van der Waals surface area (Å²) < 4.78 is 5.77. The molecule has 0 saturated heterocycles. The summed E-state index contributed by atoms with van der Waals surface area (Å²) in [6.07, 6.45) is 0. The summed E-state index contributed by atoms with van der Waals surface area (Å²) in [5.74, 6) is 6.56. The Bertz CT molecular complexity index is 613. The molecule has 0 unspecified atom stereocenters. The number of nitrogens with two attached hydrogens (primary N) is 1. The molecule has 19 heavy (non-hydrogen) atoms. The van der Waals surface area contributed by atoms with Crippen LogP contribution in [0.1, 0.15) is 11.1 Å². The Balaban J connectivity index is 2.14. The predicted molar refractivity (Wildman–Crippen MR) is 78.2 cm³/mol. The van der Waals surface area contributed by atoms with Crippen molar-refractivity contribution in [3.05, 3.63) is 64.7 Å². The molecule has 0 atom stereocenters. The first-order chi connectivity index (χ1) is 9.31. The Hall–Kier alpha value is -1.95. The van der Waals surface area contributed by atoms with Crippen molar-refractivity contribution < 1.29 is 4.74 Å². The lowest BCUT2D eigenvalue weighted by molar-refractivity contribution is 0.305. The van der Waals surface area contributed by atoms with Crippen LogP contribution in [-0.4, -0.2) is 6.54 Å². The monoisotopic (exact) mass is 271 g/mol. The van der Waals surface area contributed by atoms with Crippen molar-refractivity contribution in [1.82, 2.24) is 0 Å². The van der Waals surface area contributed by atoms with E-state index in [0.29, 0.717) is 18.2 Å². The zero-order valence-electron chi connectivity index (χ0n) is 10.4. The number of benzene rings is 2. The van der Waals surface area contributed by atoms with Crippen LogP contribution in [0.5, 0.6) is 5.75 Å². The fourth-order valence-corrected chi connectivity index (χ4v) is 1.80. The highest BCUT2D eigenvalue weighted by Gasteiger charge is 2.03. The molecular weight excluding hydrogens is 258 g/mol. The molecule has 0 heterocycles. The lowest BCUT2D eigenvalue weighted by Gasteiger charge is -2.09. The average molecular weight is 272 g/mol. The molecule has 0 aliphatic heterocycles. The second kappa shape index (κ2) is 6.84. The van der Waals surface area contributed by atoms with Crippen molar-refractivity contribution in [2.45, 2.75) is 6.61 Å². The first kappa shape index (κ1) is 13.5. The first-order valence-electron chi connectivity index (χ1n) is 5.95. The van der Waals surface area contributed by atoms with Gasteiger partial charge in [0.2, 0.25) is 0 Å². The fraction of sp³-hybridized carbons (Fsp3) is 0.125. The van der Waals surface area contributed by atoms with Gasteiger partial charge in [-0.2, -0.15) is 0 Å². The van der Waals surface area contributed by atoms with Gasteiger partial charge < -0.3 is 10.5 Å². The number of ether oxygens (including phenoxy) is 1. The third kappa shape index (κ3) is 3.75. The van der Waals surface area contributed by atoms with Crippen LogP contribution in [0.15, 0.2) is 48.5 Å². The molecule has 0 fully saturated rings. The lowest BCUT2D eigenvalue weighted by Crippen LogP contribution is -1.98. The molecule has 2 aromatic carbocycles. The van der Waals surface area contributed by atoms with E-state index >= 15 is 0 Å². The summed E-state index contributed by atoms with van der Waals surface area (Å²) in [5, 5.41) is 0.702. The van der Waals surface area contributed by atoms with Crippen molar-refractivity contribution in [3.63, 3.8) is 0 Å². The molecule has 2 nitrogen and oxygen atoms in total. The van der Waals surface area contributed by atoms with Gasteiger partial charge in [0.25, 0.3) is 0 Å². The molecule has 0 aliphatic carbocycles. The molecule has 0 radical (unpaired) electrons. The maximum Gasteiger partial charge on any atom is 0.135 e. The predicted octanol–water partition coefficient (Wildman–Crippen LogP) is 3.23. The van der Waals surface area contributed by atoms with Gasteiger partial charge in [0.15, 0.2) is 0 Å². The van der Waals surface area contributed by atoms with E-state index in [9.17, 15) is 0 Å². The summed E-state index contributed by atoms with van der Waals surface area (Å²) in [6, 6.07) is 15.2. The third-order valence-corrected chi connectivity index (χ3v) is 2.92. The lowest BCUT2D eigenvalue weighted by atomic mass is 10.2. The topological polar surface area (TPSA) is 35.2 Å². The molecule has 0 saturated carbocycles. The van der Waals surface area contributed by atoms with Crippen LogP contribution in [-0.2, 0) is 6.61 Å². The van der Waals surface area contributed by atoms with Crippen molar-refractivity contribution in [2.24, 2.45) is 5.73 Å². The van der Waals surface area contributed by atoms with Crippen LogP contribution < -0.4 is 10.5 Å².